The number of carbonyl (C=O) groups excluding carboxylic acids is 1. The van der Waals surface area contributed by atoms with Gasteiger partial charge in [-0.2, -0.15) is 10.2 Å². The number of oxazole rings is 1. The van der Waals surface area contributed by atoms with E-state index in [1.54, 1.807) is 28.4 Å². The standard InChI is InChI=1S/C21H19N7O3S2/c22-12-15-20(31-19(23-15)16-4-1-9-30-16)28-7-5-27(6-8-28)18(29)13-33-21-24-17(25-26-21)11-14-3-2-10-32-14/h1-4,9-10H,5-8,11,13H2,(H,24,25,26). The van der Waals surface area contributed by atoms with Crippen LogP contribution in [0.3, 0.4) is 0 Å². The Bertz CT molecular complexity index is 1250. The molecule has 0 bridgehead atoms. The zero-order valence-corrected chi connectivity index (χ0v) is 19.1. The first kappa shape index (κ1) is 21.3. The highest BCUT2D eigenvalue weighted by Gasteiger charge is 2.27. The van der Waals surface area contributed by atoms with Crippen molar-refractivity contribution in [2.24, 2.45) is 0 Å². The van der Waals surface area contributed by atoms with Crippen molar-refractivity contribution in [3.63, 3.8) is 0 Å². The maximum Gasteiger partial charge on any atom is 0.266 e. The molecule has 0 saturated carbocycles. The zero-order valence-electron chi connectivity index (χ0n) is 17.4. The van der Waals surface area contributed by atoms with Crippen LogP contribution in [0.25, 0.3) is 11.7 Å². The highest BCUT2D eigenvalue weighted by molar-refractivity contribution is 7.99. The minimum atomic E-state index is 0.0265. The number of hydrogen-bond acceptors (Lipinski definition) is 10. The summed E-state index contributed by atoms with van der Waals surface area (Å²) in [6.07, 6.45) is 2.23. The number of thiophene rings is 1. The SMILES string of the molecule is N#Cc1nc(-c2ccco2)oc1N1CCN(C(=O)CSc2n[nH]c(Cc3cccs3)n2)CC1. The molecule has 0 aliphatic carbocycles. The topological polar surface area (TPSA) is 128 Å². The number of hydrogen-bond donors (Lipinski definition) is 1. The Morgan fingerprint density at radius 3 is 2.85 bits per heavy atom. The summed E-state index contributed by atoms with van der Waals surface area (Å²) in [5.41, 5.74) is 0.208. The number of nitrogens with zero attached hydrogens (tertiary/aromatic N) is 6. The summed E-state index contributed by atoms with van der Waals surface area (Å²) in [5.74, 6) is 2.23. The van der Waals surface area contributed by atoms with Crippen LogP contribution in [0.1, 0.15) is 16.4 Å². The Morgan fingerprint density at radius 2 is 2.12 bits per heavy atom. The lowest BCUT2D eigenvalue weighted by atomic mass is 10.3. The van der Waals surface area contributed by atoms with E-state index in [-0.39, 0.29) is 23.2 Å². The van der Waals surface area contributed by atoms with Gasteiger partial charge in [0, 0.05) is 37.5 Å². The first-order chi connectivity index (χ1) is 16.2. The Hall–Kier alpha value is -3.56. The first-order valence-electron chi connectivity index (χ1n) is 10.2. The van der Waals surface area contributed by atoms with Crippen LogP contribution < -0.4 is 4.90 Å². The van der Waals surface area contributed by atoms with E-state index in [9.17, 15) is 10.1 Å². The number of amides is 1. The summed E-state index contributed by atoms with van der Waals surface area (Å²) in [7, 11) is 0. The molecule has 1 fully saturated rings. The van der Waals surface area contributed by atoms with Gasteiger partial charge in [-0.15, -0.1) is 16.4 Å². The molecule has 1 aliphatic rings. The molecule has 1 N–H and O–H groups in total. The molecule has 0 unspecified atom stereocenters. The van der Waals surface area contributed by atoms with Gasteiger partial charge in [0.25, 0.3) is 5.89 Å². The van der Waals surface area contributed by atoms with Crippen molar-refractivity contribution in [3.8, 4) is 17.7 Å². The van der Waals surface area contributed by atoms with Crippen LogP contribution in [0.15, 0.2) is 49.9 Å². The van der Waals surface area contributed by atoms with Crippen molar-refractivity contribution in [2.75, 3.05) is 36.8 Å². The van der Waals surface area contributed by atoms with Crippen LogP contribution in [0.5, 0.6) is 0 Å². The highest BCUT2D eigenvalue weighted by atomic mass is 32.2. The summed E-state index contributed by atoms with van der Waals surface area (Å²) in [5, 5.41) is 19.2. The molecule has 4 aromatic heterocycles. The molecule has 12 heteroatoms. The lowest BCUT2D eigenvalue weighted by Gasteiger charge is -2.34. The number of aromatic nitrogens is 4. The molecule has 5 heterocycles. The van der Waals surface area contributed by atoms with Gasteiger partial charge in [0.2, 0.25) is 22.6 Å². The van der Waals surface area contributed by atoms with Gasteiger partial charge in [-0.25, -0.2) is 4.98 Å². The minimum absolute atomic E-state index is 0.0265. The van der Waals surface area contributed by atoms with E-state index < -0.39 is 0 Å². The average Bonchev–Trinajstić information content (AvgIpc) is 3.65. The predicted molar refractivity (Wildman–Crippen MR) is 122 cm³/mol. The van der Waals surface area contributed by atoms with Crippen LogP contribution in [0.4, 0.5) is 5.88 Å². The molecule has 10 nitrogen and oxygen atoms in total. The molecule has 0 spiro atoms. The minimum Gasteiger partial charge on any atom is -0.459 e. The maximum absolute atomic E-state index is 12.7. The van der Waals surface area contributed by atoms with Gasteiger partial charge in [0.05, 0.1) is 12.0 Å². The summed E-state index contributed by atoms with van der Waals surface area (Å²) in [4.78, 5) is 26.3. The number of carbonyl (C=O) groups is 1. The predicted octanol–water partition coefficient (Wildman–Crippen LogP) is 3.02. The third kappa shape index (κ3) is 4.79. The van der Waals surface area contributed by atoms with Crippen molar-refractivity contribution >= 4 is 34.9 Å². The summed E-state index contributed by atoms with van der Waals surface area (Å²) >= 11 is 3.00. The second-order valence-corrected chi connectivity index (χ2v) is 9.21. The molecule has 0 aromatic carbocycles. The Kier molecular flexibility index (Phi) is 6.14. The van der Waals surface area contributed by atoms with Crippen molar-refractivity contribution < 1.29 is 13.6 Å². The zero-order chi connectivity index (χ0) is 22.6. The van der Waals surface area contributed by atoms with E-state index in [0.29, 0.717) is 49.4 Å². The van der Waals surface area contributed by atoms with Crippen LogP contribution in [-0.4, -0.2) is 62.9 Å². The van der Waals surface area contributed by atoms with Gasteiger partial charge in [0.15, 0.2) is 5.76 Å². The van der Waals surface area contributed by atoms with Crippen molar-refractivity contribution in [1.29, 1.82) is 5.26 Å². The molecule has 5 rings (SSSR count). The van der Waals surface area contributed by atoms with Gasteiger partial charge in [-0.05, 0) is 23.6 Å². The molecule has 0 atom stereocenters. The molecule has 33 heavy (non-hydrogen) atoms. The molecule has 4 aromatic rings. The highest BCUT2D eigenvalue weighted by Crippen LogP contribution is 2.29. The van der Waals surface area contributed by atoms with Crippen molar-refractivity contribution in [1.82, 2.24) is 25.1 Å². The van der Waals surface area contributed by atoms with Gasteiger partial charge < -0.3 is 18.6 Å². The third-order valence-corrected chi connectivity index (χ3v) is 6.83. The molecule has 1 aliphatic heterocycles. The van der Waals surface area contributed by atoms with E-state index in [0.717, 1.165) is 5.82 Å². The second kappa shape index (κ2) is 9.51. The van der Waals surface area contributed by atoms with Crippen LogP contribution in [-0.2, 0) is 11.2 Å². The molecular formula is C21H19N7O3S2. The number of furan rings is 1. The Balaban J connectivity index is 1.14. The Labute approximate surface area is 197 Å². The molecule has 168 valence electrons. The van der Waals surface area contributed by atoms with Gasteiger partial charge in [-0.3, -0.25) is 9.89 Å². The average molecular weight is 482 g/mol. The van der Waals surface area contributed by atoms with Crippen LogP contribution in [0.2, 0.25) is 0 Å². The second-order valence-electron chi connectivity index (χ2n) is 7.24. The number of anilines is 1. The van der Waals surface area contributed by atoms with Gasteiger partial charge in [0.1, 0.15) is 11.9 Å². The maximum atomic E-state index is 12.7. The number of aromatic amines is 1. The largest absolute Gasteiger partial charge is 0.459 e. The van der Waals surface area contributed by atoms with Gasteiger partial charge >= 0.3 is 0 Å². The van der Waals surface area contributed by atoms with Gasteiger partial charge in [-0.1, -0.05) is 17.8 Å². The Morgan fingerprint density at radius 1 is 1.24 bits per heavy atom. The number of nitriles is 1. The third-order valence-electron chi connectivity index (χ3n) is 5.12. The van der Waals surface area contributed by atoms with Crippen molar-refractivity contribution in [3.05, 3.63) is 52.3 Å². The summed E-state index contributed by atoms with van der Waals surface area (Å²) in [6.45, 7) is 2.14. The molecule has 1 saturated heterocycles. The number of nitrogens with one attached hydrogen (secondary N) is 1. The van der Waals surface area contributed by atoms with E-state index in [1.807, 2.05) is 16.3 Å². The number of H-pyrrole nitrogens is 1. The smallest absolute Gasteiger partial charge is 0.266 e. The lowest BCUT2D eigenvalue weighted by molar-refractivity contribution is -0.128. The first-order valence-corrected chi connectivity index (χ1v) is 12.1. The molecular weight excluding hydrogens is 462 g/mol. The van der Waals surface area contributed by atoms with Crippen LogP contribution >= 0.6 is 23.1 Å². The fourth-order valence-electron chi connectivity index (χ4n) is 3.48. The molecule has 0 radical (unpaired) electrons. The van der Waals surface area contributed by atoms with E-state index in [1.165, 1.54) is 22.9 Å². The normalized spacial score (nSPS) is 13.9. The fourth-order valence-corrected chi connectivity index (χ4v) is 4.91. The van der Waals surface area contributed by atoms with E-state index >= 15 is 0 Å². The summed E-state index contributed by atoms with van der Waals surface area (Å²) in [6, 6.07) is 9.60. The van der Waals surface area contributed by atoms with Crippen molar-refractivity contribution in [2.45, 2.75) is 11.6 Å². The lowest BCUT2D eigenvalue weighted by Crippen LogP contribution is -2.49. The number of rotatable bonds is 7. The van der Waals surface area contributed by atoms with E-state index in [4.69, 9.17) is 8.83 Å². The summed E-state index contributed by atoms with van der Waals surface area (Å²) < 4.78 is 11.1. The monoisotopic (exact) mass is 481 g/mol. The number of thioether (sulfide) groups is 1. The fraction of sp³-hybridized carbons (Fsp3) is 0.286. The number of piperazine rings is 1. The van der Waals surface area contributed by atoms with E-state index in [2.05, 4.69) is 32.3 Å². The van der Waals surface area contributed by atoms with Crippen LogP contribution in [0, 0.1) is 11.3 Å². The quantitative estimate of drug-likeness (QED) is 0.396. The molecule has 1 amide bonds.